The third-order valence-corrected chi connectivity index (χ3v) is 7.57. The van der Waals surface area contributed by atoms with E-state index in [1.807, 2.05) is 18.2 Å². The molecule has 6 heteroatoms. The van der Waals surface area contributed by atoms with Gasteiger partial charge in [-0.15, -0.1) is 0 Å². The first kappa shape index (κ1) is 27.6. The number of pyridine rings is 1. The Hall–Kier alpha value is -3.43. The first-order valence-electron chi connectivity index (χ1n) is 13.4. The quantitative estimate of drug-likeness (QED) is 0.329. The third kappa shape index (κ3) is 7.33. The van der Waals surface area contributed by atoms with E-state index in [-0.39, 0.29) is 12.3 Å². The van der Waals surface area contributed by atoms with Gasteiger partial charge >= 0.3 is 5.97 Å². The zero-order valence-electron chi connectivity index (χ0n) is 22.5. The van der Waals surface area contributed by atoms with E-state index in [9.17, 15) is 9.90 Å². The van der Waals surface area contributed by atoms with E-state index in [1.54, 1.807) is 19.4 Å². The highest BCUT2D eigenvalue weighted by Gasteiger charge is 2.30. The normalized spacial score (nSPS) is 18.5. The van der Waals surface area contributed by atoms with Gasteiger partial charge in [0.2, 0.25) is 0 Å². The maximum absolute atomic E-state index is 15.6. The Morgan fingerprint density at radius 1 is 1.16 bits per heavy atom. The average Bonchev–Trinajstić information content (AvgIpc) is 2.89. The van der Waals surface area contributed by atoms with Crippen LogP contribution < -0.4 is 4.74 Å². The van der Waals surface area contributed by atoms with E-state index in [4.69, 9.17) is 4.74 Å². The number of aliphatic carboxylic acids is 1. The Bertz CT molecular complexity index is 1310. The Labute approximate surface area is 225 Å². The van der Waals surface area contributed by atoms with Crippen molar-refractivity contribution in [2.24, 2.45) is 11.8 Å². The van der Waals surface area contributed by atoms with Gasteiger partial charge in [-0.05, 0) is 111 Å². The van der Waals surface area contributed by atoms with Crippen LogP contribution in [0.2, 0.25) is 0 Å². The van der Waals surface area contributed by atoms with Gasteiger partial charge in [0.1, 0.15) is 11.9 Å². The molecule has 3 atom stereocenters. The van der Waals surface area contributed by atoms with Crippen molar-refractivity contribution in [1.82, 2.24) is 9.88 Å². The van der Waals surface area contributed by atoms with Crippen molar-refractivity contribution in [3.63, 3.8) is 0 Å². The molecule has 1 aliphatic rings. The van der Waals surface area contributed by atoms with Crippen LogP contribution in [0.15, 0.2) is 48.7 Å². The van der Waals surface area contributed by atoms with Crippen molar-refractivity contribution in [2.45, 2.75) is 52.1 Å². The predicted octanol–water partition coefficient (Wildman–Crippen LogP) is 6.51. The van der Waals surface area contributed by atoms with Crippen LogP contribution in [0.5, 0.6) is 5.75 Å². The molecule has 0 amide bonds. The van der Waals surface area contributed by atoms with Crippen LogP contribution in [-0.2, 0) is 4.79 Å². The summed E-state index contributed by atoms with van der Waals surface area (Å²) in [6.07, 6.45) is 3.33. The highest BCUT2D eigenvalue weighted by Crippen LogP contribution is 2.36. The zero-order valence-corrected chi connectivity index (χ0v) is 22.5. The predicted molar refractivity (Wildman–Crippen MR) is 149 cm³/mol. The lowest BCUT2D eigenvalue weighted by Gasteiger charge is -2.38. The van der Waals surface area contributed by atoms with Gasteiger partial charge in [-0.1, -0.05) is 17.9 Å². The first-order chi connectivity index (χ1) is 18.3. The molecule has 4 rings (SSSR count). The molecular formula is C32H37FN2O3. The van der Waals surface area contributed by atoms with E-state index in [0.29, 0.717) is 36.6 Å². The summed E-state index contributed by atoms with van der Waals surface area (Å²) in [5.41, 5.74) is 4.81. The van der Waals surface area contributed by atoms with Gasteiger partial charge in [-0.2, -0.15) is 0 Å². The molecule has 0 radical (unpaired) electrons. The number of halogens is 1. The summed E-state index contributed by atoms with van der Waals surface area (Å²) in [6, 6.07) is 13.6. The first-order valence-corrected chi connectivity index (χ1v) is 13.4. The summed E-state index contributed by atoms with van der Waals surface area (Å²) in [4.78, 5) is 18.0. The molecule has 2 aromatic carbocycles. The number of aryl methyl sites for hydroxylation is 2. The third-order valence-electron chi connectivity index (χ3n) is 7.57. The van der Waals surface area contributed by atoms with Crippen molar-refractivity contribution >= 4 is 16.9 Å². The summed E-state index contributed by atoms with van der Waals surface area (Å²) in [6.45, 7) is 6.49. The second kappa shape index (κ2) is 12.9. The Kier molecular flexibility index (Phi) is 9.36. The summed E-state index contributed by atoms with van der Waals surface area (Å²) in [5.74, 6) is 6.99. The standard InChI is InChI=1S/C32H37FN2O3/c1-22-17-23(2)19-24(18-22)5-4-15-35-16-13-25(26(21-35)7-11-32(36)37)6-9-30(33)28-12-14-34-31-10-8-27(38-3)20-29(28)31/h8,10,12,14,17-20,25-26,30H,6-7,9,11,13,15-16,21H2,1-3H3,(H,36,37)/t25?,26?,30-/m0/s1. The number of benzene rings is 2. The Balaban J connectivity index is 1.40. The number of carboxylic acids is 1. The highest BCUT2D eigenvalue weighted by molar-refractivity contribution is 5.83. The molecule has 0 spiro atoms. The molecule has 0 bridgehead atoms. The van der Waals surface area contributed by atoms with Crippen molar-refractivity contribution in [1.29, 1.82) is 0 Å². The number of rotatable bonds is 9. The number of aromatic nitrogens is 1. The molecular weight excluding hydrogens is 479 g/mol. The van der Waals surface area contributed by atoms with Crippen molar-refractivity contribution < 1.29 is 19.0 Å². The minimum Gasteiger partial charge on any atom is -0.497 e. The number of alkyl halides is 1. The summed E-state index contributed by atoms with van der Waals surface area (Å²) in [5, 5.41) is 10.1. The fourth-order valence-electron chi connectivity index (χ4n) is 5.68. The summed E-state index contributed by atoms with van der Waals surface area (Å²) in [7, 11) is 1.60. The number of likely N-dealkylation sites (tertiary alicyclic amines) is 1. The zero-order chi connectivity index (χ0) is 27.1. The average molecular weight is 517 g/mol. The number of nitrogens with zero attached hydrogens (tertiary/aromatic N) is 2. The second-order valence-corrected chi connectivity index (χ2v) is 10.5. The molecule has 2 heterocycles. The number of methoxy groups -OCH3 is 1. The van der Waals surface area contributed by atoms with Crippen molar-refractivity contribution in [2.75, 3.05) is 26.7 Å². The monoisotopic (exact) mass is 516 g/mol. The minimum absolute atomic E-state index is 0.136. The number of ether oxygens (including phenoxy) is 1. The number of carboxylic acid groups (broad SMARTS) is 1. The molecule has 3 aromatic rings. The van der Waals surface area contributed by atoms with Crippen molar-refractivity contribution in [3.05, 3.63) is 70.9 Å². The largest absolute Gasteiger partial charge is 0.497 e. The van der Waals surface area contributed by atoms with Crippen LogP contribution in [0.25, 0.3) is 10.9 Å². The van der Waals surface area contributed by atoms with Gasteiger partial charge in [0.15, 0.2) is 0 Å². The number of hydrogen-bond acceptors (Lipinski definition) is 4. The van der Waals surface area contributed by atoms with Crippen LogP contribution in [0.1, 0.15) is 60.5 Å². The molecule has 1 aromatic heterocycles. The lowest BCUT2D eigenvalue weighted by Crippen LogP contribution is -2.41. The lowest BCUT2D eigenvalue weighted by molar-refractivity contribution is -0.137. The SMILES string of the molecule is COc1ccc2nccc([C@@H](F)CCC3CCN(CC#Cc4cc(C)cc(C)c4)CC3CCC(=O)O)c2c1. The summed E-state index contributed by atoms with van der Waals surface area (Å²) < 4.78 is 20.9. The topological polar surface area (TPSA) is 62.7 Å². The molecule has 38 heavy (non-hydrogen) atoms. The van der Waals surface area contributed by atoms with E-state index in [0.717, 1.165) is 42.4 Å². The molecule has 1 aliphatic heterocycles. The lowest BCUT2D eigenvalue weighted by atomic mass is 9.79. The minimum atomic E-state index is -1.12. The number of fused-ring (bicyclic) bond motifs is 1. The Morgan fingerprint density at radius 2 is 1.95 bits per heavy atom. The molecule has 1 saturated heterocycles. The van der Waals surface area contributed by atoms with Gasteiger partial charge in [0, 0.05) is 30.1 Å². The fraction of sp³-hybridized carbons (Fsp3) is 0.438. The molecule has 2 unspecified atom stereocenters. The number of hydrogen-bond donors (Lipinski definition) is 1. The number of piperidine rings is 1. The van der Waals surface area contributed by atoms with E-state index >= 15 is 4.39 Å². The van der Waals surface area contributed by atoms with Gasteiger partial charge < -0.3 is 9.84 Å². The highest BCUT2D eigenvalue weighted by atomic mass is 19.1. The molecule has 200 valence electrons. The van der Waals surface area contributed by atoms with Crippen LogP contribution in [-0.4, -0.2) is 47.7 Å². The maximum atomic E-state index is 15.6. The van der Waals surface area contributed by atoms with Crippen LogP contribution in [0.3, 0.4) is 0 Å². The van der Waals surface area contributed by atoms with E-state index in [1.165, 1.54) is 11.1 Å². The smallest absolute Gasteiger partial charge is 0.303 e. The van der Waals surface area contributed by atoms with Crippen LogP contribution >= 0.6 is 0 Å². The van der Waals surface area contributed by atoms with Gasteiger partial charge in [0.25, 0.3) is 0 Å². The van der Waals surface area contributed by atoms with Crippen molar-refractivity contribution in [3.8, 4) is 17.6 Å². The molecule has 0 aliphatic carbocycles. The van der Waals surface area contributed by atoms with Gasteiger partial charge in [0.05, 0.1) is 19.2 Å². The van der Waals surface area contributed by atoms with E-state index < -0.39 is 12.1 Å². The molecule has 5 nitrogen and oxygen atoms in total. The molecule has 1 N–H and O–H groups in total. The number of carbonyl (C=O) groups is 1. The van der Waals surface area contributed by atoms with Gasteiger partial charge in [-0.3, -0.25) is 14.7 Å². The van der Waals surface area contributed by atoms with Crippen LogP contribution in [0.4, 0.5) is 4.39 Å². The summed E-state index contributed by atoms with van der Waals surface area (Å²) >= 11 is 0. The fourth-order valence-corrected chi connectivity index (χ4v) is 5.68. The molecule has 0 saturated carbocycles. The van der Waals surface area contributed by atoms with E-state index in [2.05, 4.69) is 53.8 Å². The maximum Gasteiger partial charge on any atom is 0.303 e. The molecule has 1 fully saturated rings. The Morgan fingerprint density at radius 3 is 2.68 bits per heavy atom. The van der Waals surface area contributed by atoms with Crippen LogP contribution in [0, 0.1) is 37.5 Å². The van der Waals surface area contributed by atoms with Gasteiger partial charge in [-0.25, -0.2) is 4.39 Å². The second-order valence-electron chi connectivity index (χ2n) is 10.5.